The average molecular weight is 132 g/mol. The molecule has 5 heteroatoms. The van der Waals surface area contributed by atoms with E-state index in [0.717, 1.165) is 0 Å². The SMILES string of the molecule is O=[N+]([O-])C1COCCN1. The van der Waals surface area contributed by atoms with Crippen LogP contribution < -0.4 is 5.32 Å². The summed E-state index contributed by atoms with van der Waals surface area (Å²) in [5.74, 6) is 0. The first-order chi connectivity index (χ1) is 4.30. The van der Waals surface area contributed by atoms with Gasteiger partial charge in [0, 0.05) is 11.5 Å². The molecule has 0 aromatic rings. The van der Waals surface area contributed by atoms with Crippen molar-refractivity contribution < 1.29 is 9.66 Å². The Morgan fingerprint density at radius 2 is 2.56 bits per heavy atom. The predicted octanol–water partition coefficient (Wildman–Crippen LogP) is -0.791. The summed E-state index contributed by atoms with van der Waals surface area (Å²) in [5.41, 5.74) is 0. The van der Waals surface area contributed by atoms with Crippen LogP contribution in [0.2, 0.25) is 0 Å². The molecule has 1 atom stereocenters. The molecule has 0 bridgehead atoms. The summed E-state index contributed by atoms with van der Waals surface area (Å²) in [6.07, 6.45) is -0.696. The first-order valence-electron chi connectivity index (χ1n) is 2.75. The Kier molecular flexibility index (Phi) is 1.96. The summed E-state index contributed by atoms with van der Waals surface area (Å²) in [4.78, 5) is 9.64. The number of ether oxygens (including phenoxy) is 1. The summed E-state index contributed by atoms with van der Waals surface area (Å²) in [7, 11) is 0. The molecule has 0 aromatic heterocycles. The highest BCUT2D eigenvalue weighted by Crippen LogP contribution is 1.91. The summed E-state index contributed by atoms with van der Waals surface area (Å²) < 4.78 is 4.84. The highest BCUT2D eigenvalue weighted by atomic mass is 16.6. The van der Waals surface area contributed by atoms with Crippen LogP contribution in [0.5, 0.6) is 0 Å². The minimum absolute atomic E-state index is 0.188. The molecule has 1 aliphatic heterocycles. The van der Waals surface area contributed by atoms with E-state index in [4.69, 9.17) is 4.74 Å². The van der Waals surface area contributed by atoms with Gasteiger partial charge in [0.15, 0.2) is 0 Å². The van der Waals surface area contributed by atoms with Crippen LogP contribution in [0.3, 0.4) is 0 Å². The third-order valence-corrected chi connectivity index (χ3v) is 1.16. The molecule has 1 aliphatic rings. The number of hydrogen-bond donors (Lipinski definition) is 1. The molecule has 0 radical (unpaired) electrons. The predicted molar refractivity (Wildman–Crippen MR) is 29.6 cm³/mol. The van der Waals surface area contributed by atoms with Gasteiger partial charge < -0.3 is 4.74 Å². The second-order valence-electron chi connectivity index (χ2n) is 1.83. The Morgan fingerprint density at radius 1 is 1.78 bits per heavy atom. The molecule has 0 aliphatic carbocycles. The van der Waals surface area contributed by atoms with Crippen molar-refractivity contribution >= 4 is 0 Å². The van der Waals surface area contributed by atoms with Gasteiger partial charge in [0.05, 0.1) is 6.61 Å². The van der Waals surface area contributed by atoms with E-state index < -0.39 is 6.17 Å². The van der Waals surface area contributed by atoms with Crippen molar-refractivity contribution in [2.75, 3.05) is 19.8 Å². The van der Waals surface area contributed by atoms with Gasteiger partial charge in [0.1, 0.15) is 6.61 Å². The van der Waals surface area contributed by atoms with Gasteiger partial charge in [0.2, 0.25) is 0 Å². The van der Waals surface area contributed by atoms with Crippen LogP contribution in [-0.4, -0.2) is 30.8 Å². The number of nitrogens with zero attached hydrogens (tertiary/aromatic N) is 1. The van der Waals surface area contributed by atoms with Crippen molar-refractivity contribution in [3.8, 4) is 0 Å². The van der Waals surface area contributed by atoms with Crippen molar-refractivity contribution in [3.63, 3.8) is 0 Å². The van der Waals surface area contributed by atoms with E-state index >= 15 is 0 Å². The van der Waals surface area contributed by atoms with Crippen LogP contribution in [-0.2, 0) is 4.74 Å². The maximum atomic E-state index is 10.0. The van der Waals surface area contributed by atoms with E-state index in [0.29, 0.717) is 13.2 Å². The topological polar surface area (TPSA) is 64.4 Å². The molecular weight excluding hydrogens is 124 g/mol. The molecule has 9 heavy (non-hydrogen) atoms. The fraction of sp³-hybridized carbons (Fsp3) is 1.00. The minimum atomic E-state index is -0.696. The third kappa shape index (κ3) is 1.62. The quantitative estimate of drug-likeness (QED) is 0.375. The zero-order valence-corrected chi connectivity index (χ0v) is 4.87. The second-order valence-corrected chi connectivity index (χ2v) is 1.83. The van der Waals surface area contributed by atoms with Crippen molar-refractivity contribution in [2.24, 2.45) is 0 Å². The molecule has 1 N–H and O–H groups in total. The molecule has 1 saturated heterocycles. The van der Waals surface area contributed by atoms with Crippen LogP contribution in [0.15, 0.2) is 0 Å². The minimum Gasteiger partial charge on any atom is -0.371 e. The molecule has 0 amide bonds. The molecule has 0 aromatic carbocycles. The van der Waals surface area contributed by atoms with Crippen molar-refractivity contribution in [3.05, 3.63) is 10.1 Å². The lowest BCUT2D eigenvalue weighted by molar-refractivity contribution is -0.536. The standard InChI is InChI=1S/C4H8N2O3/c7-6(8)4-3-9-2-1-5-4/h4-5H,1-3H2. The lowest BCUT2D eigenvalue weighted by Crippen LogP contribution is -2.46. The fourth-order valence-corrected chi connectivity index (χ4v) is 0.687. The van der Waals surface area contributed by atoms with E-state index in [2.05, 4.69) is 5.32 Å². The summed E-state index contributed by atoms with van der Waals surface area (Å²) in [5, 5.41) is 12.7. The van der Waals surface area contributed by atoms with E-state index in [9.17, 15) is 10.1 Å². The van der Waals surface area contributed by atoms with Gasteiger partial charge in [-0.3, -0.25) is 15.4 Å². The Morgan fingerprint density at radius 3 is 2.89 bits per heavy atom. The van der Waals surface area contributed by atoms with Crippen LogP contribution in [0, 0.1) is 10.1 Å². The molecule has 1 unspecified atom stereocenters. The molecule has 0 saturated carbocycles. The first-order valence-corrected chi connectivity index (χ1v) is 2.75. The number of nitro groups is 1. The van der Waals surface area contributed by atoms with Crippen LogP contribution in [0.25, 0.3) is 0 Å². The fourth-order valence-electron chi connectivity index (χ4n) is 0.687. The van der Waals surface area contributed by atoms with E-state index in [1.807, 2.05) is 0 Å². The molecule has 1 heterocycles. The monoisotopic (exact) mass is 132 g/mol. The number of morpholine rings is 1. The molecule has 52 valence electrons. The van der Waals surface area contributed by atoms with Gasteiger partial charge in [-0.25, -0.2) is 0 Å². The van der Waals surface area contributed by atoms with Crippen molar-refractivity contribution in [1.82, 2.24) is 5.32 Å². The summed E-state index contributed by atoms with van der Waals surface area (Å²) in [6.45, 7) is 1.34. The van der Waals surface area contributed by atoms with Crippen LogP contribution >= 0.6 is 0 Å². The Labute approximate surface area is 52.1 Å². The number of rotatable bonds is 1. The molecule has 1 fully saturated rings. The Bertz CT molecular complexity index is 110. The molecule has 0 spiro atoms. The zero-order chi connectivity index (χ0) is 6.69. The normalized spacial score (nSPS) is 27.8. The van der Waals surface area contributed by atoms with Gasteiger partial charge in [-0.2, -0.15) is 0 Å². The Balaban J connectivity index is 2.31. The maximum Gasteiger partial charge on any atom is 0.289 e. The summed E-state index contributed by atoms with van der Waals surface area (Å²) >= 11 is 0. The average Bonchev–Trinajstić information content (AvgIpc) is 1.90. The second kappa shape index (κ2) is 2.75. The lowest BCUT2D eigenvalue weighted by Gasteiger charge is -2.16. The van der Waals surface area contributed by atoms with Crippen molar-refractivity contribution in [1.29, 1.82) is 0 Å². The van der Waals surface area contributed by atoms with Crippen LogP contribution in [0.4, 0.5) is 0 Å². The highest BCUT2D eigenvalue weighted by Gasteiger charge is 2.21. The Hall–Kier alpha value is -0.680. The maximum absolute atomic E-state index is 10.0. The largest absolute Gasteiger partial charge is 0.371 e. The lowest BCUT2D eigenvalue weighted by atomic mass is 10.4. The third-order valence-electron chi connectivity index (χ3n) is 1.16. The smallest absolute Gasteiger partial charge is 0.289 e. The van der Waals surface area contributed by atoms with Gasteiger partial charge in [-0.1, -0.05) is 0 Å². The van der Waals surface area contributed by atoms with Gasteiger partial charge in [-0.15, -0.1) is 0 Å². The zero-order valence-electron chi connectivity index (χ0n) is 4.87. The van der Waals surface area contributed by atoms with E-state index in [1.54, 1.807) is 0 Å². The number of hydrogen-bond acceptors (Lipinski definition) is 4. The van der Waals surface area contributed by atoms with Gasteiger partial charge >= 0.3 is 0 Å². The van der Waals surface area contributed by atoms with E-state index in [-0.39, 0.29) is 11.5 Å². The van der Waals surface area contributed by atoms with Gasteiger partial charge in [-0.05, 0) is 0 Å². The molecular formula is C4H8N2O3. The first kappa shape index (κ1) is 6.44. The number of nitrogens with one attached hydrogen (secondary N) is 1. The van der Waals surface area contributed by atoms with Crippen LogP contribution in [0.1, 0.15) is 0 Å². The summed E-state index contributed by atoms with van der Waals surface area (Å²) in [6, 6.07) is 0. The molecule has 1 rings (SSSR count). The van der Waals surface area contributed by atoms with Crippen molar-refractivity contribution in [2.45, 2.75) is 6.17 Å². The van der Waals surface area contributed by atoms with E-state index in [1.165, 1.54) is 0 Å². The molecule has 5 nitrogen and oxygen atoms in total. The highest BCUT2D eigenvalue weighted by molar-refractivity contribution is 4.57. The van der Waals surface area contributed by atoms with Gasteiger partial charge in [0.25, 0.3) is 6.17 Å².